The Balaban J connectivity index is 1.11. The Kier molecular flexibility index (Phi) is 14.5. The van der Waals surface area contributed by atoms with E-state index >= 15 is 0 Å². The van der Waals surface area contributed by atoms with Crippen LogP contribution in [-0.2, 0) is 76.3 Å². The van der Waals surface area contributed by atoms with E-state index in [-0.39, 0.29) is 98.4 Å². The first-order valence-corrected chi connectivity index (χ1v) is 20.0. The highest BCUT2D eigenvalue weighted by molar-refractivity contribution is 6.16. The maximum absolute atomic E-state index is 13.2. The van der Waals surface area contributed by atoms with Crippen LogP contribution in [-0.4, -0.2) is 88.4 Å². The highest BCUT2D eigenvalue weighted by Gasteiger charge is 2.53. The Hall–Kier alpha value is -6.72. The lowest BCUT2D eigenvalue weighted by Crippen LogP contribution is -2.51. The van der Waals surface area contributed by atoms with Gasteiger partial charge in [0.1, 0.15) is 22.5 Å². The summed E-state index contributed by atoms with van der Waals surface area (Å²) in [6.45, 7) is 6.42. The molecule has 62 heavy (non-hydrogen) atoms. The minimum atomic E-state index is -1.63. The van der Waals surface area contributed by atoms with Crippen LogP contribution >= 0.6 is 0 Å². The summed E-state index contributed by atoms with van der Waals surface area (Å²) in [6, 6.07) is 0. The molecule has 0 radical (unpaired) electrons. The van der Waals surface area contributed by atoms with Crippen molar-refractivity contribution in [2.75, 3.05) is 13.2 Å². The second-order valence-electron chi connectivity index (χ2n) is 15.3. The fourth-order valence-electron chi connectivity index (χ4n) is 7.27. The van der Waals surface area contributed by atoms with Gasteiger partial charge >= 0.3 is 41.8 Å². The molecule has 2 saturated heterocycles. The molecule has 2 aliphatic carbocycles. The molecule has 0 aromatic rings. The summed E-state index contributed by atoms with van der Waals surface area (Å²) in [5, 5.41) is 21.2. The van der Waals surface area contributed by atoms with Crippen molar-refractivity contribution >= 4 is 47.6 Å². The van der Waals surface area contributed by atoms with E-state index in [1.165, 1.54) is 68.5 Å². The van der Waals surface area contributed by atoms with Gasteiger partial charge in [0, 0.05) is 52.4 Å². The highest BCUT2D eigenvalue weighted by Crippen LogP contribution is 2.52. The minimum Gasteiger partial charge on any atom is -0.512 e. The van der Waals surface area contributed by atoms with Gasteiger partial charge in [-0.05, 0) is 56.4 Å². The van der Waals surface area contributed by atoms with Crippen LogP contribution in [0.25, 0.3) is 0 Å². The standard InChI is InChI=1S/C44H48O18/c1-5-55-33(47)17-19-41(3)57-35(49)28(36(50)58-41)14-10-7-9-13-27-31(45)25-43(26-32(27)46)21-23-44(24-22-43)61-39(53)30(40(54)62-44)16-12-8-11-15-29-37(51)59-42(4,60-38(29)52)20-18-34(48)56-6-2/h7-16,45,51H,5-6,17-26H2,1-4H3/b10-7+,12-8+,13-9+,15-11+,28-14?,30-16?. The second-order valence-corrected chi connectivity index (χ2v) is 15.3. The van der Waals surface area contributed by atoms with Crippen LogP contribution in [0.15, 0.2) is 94.8 Å². The van der Waals surface area contributed by atoms with Crippen molar-refractivity contribution in [1.82, 2.24) is 0 Å². The van der Waals surface area contributed by atoms with Crippen molar-refractivity contribution in [3.05, 3.63) is 94.8 Å². The van der Waals surface area contributed by atoms with Gasteiger partial charge in [0.2, 0.25) is 0 Å². The van der Waals surface area contributed by atoms with Crippen LogP contribution in [0, 0.1) is 5.41 Å². The van der Waals surface area contributed by atoms with Gasteiger partial charge in [-0.15, -0.1) is 0 Å². The molecule has 0 aromatic heterocycles. The Bertz CT molecular complexity index is 2090. The van der Waals surface area contributed by atoms with Crippen LogP contribution in [0.5, 0.6) is 0 Å². The molecule has 5 aliphatic rings. The lowest BCUT2D eigenvalue weighted by Gasteiger charge is -2.47. The van der Waals surface area contributed by atoms with Gasteiger partial charge in [-0.1, -0.05) is 36.5 Å². The van der Waals surface area contributed by atoms with Gasteiger partial charge in [-0.2, -0.15) is 0 Å². The van der Waals surface area contributed by atoms with E-state index in [0.29, 0.717) is 12.8 Å². The molecule has 0 amide bonds. The maximum Gasteiger partial charge on any atom is 0.348 e. The Morgan fingerprint density at radius 3 is 1.50 bits per heavy atom. The van der Waals surface area contributed by atoms with E-state index in [2.05, 4.69) is 0 Å². The van der Waals surface area contributed by atoms with E-state index in [0.717, 1.165) is 6.08 Å². The van der Waals surface area contributed by atoms with Crippen LogP contribution < -0.4 is 0 Å². The van der Waals surface area contributed by atoms with Crippen molar-refractivity contribution in [3.63, 3.8) is 0 Å². The average molecular weight is 865 g/mol. The van der Waals surface area contributed by atoms with Gasteiger partial charge in [0.15, 0.2) is 5.78 Å². The number of allylic oxidation sites excluding steroid dienone is 11. The molecule has 0 aromatic carbocycles. The van der Waals surface area contributed by atoms with E-state index in [9.17, 15) is 48.6 Å². The number of hydrogen-bond donors (Lipinski definition) is 2. The summed E-state index contributed by atoms with van der Waals surface area (Å²) in [6.07, 6.45) is 13.8. The van der Waals surface area contributed by atoms with Crippen LogP contribution in [0.2, 0.25) is 0 Å². The fourth-order valence-corrected chi connectivity index (χ4v) is 7.27. The van der Waals surface area contributed by atoms with Crippen LogP contribution in [0.4, 0.5) is 0 Å². The summed E-state index contributed by atoms with van der Waals surface area (Å²) in [7, 11) is 0. The van der Waals surface area contributed by atoms with E-state index in [4.69, 9.17) is 37.9 Å². The number of hydrogen-bond acceptors (Lipinski definition) is 18. The lowest BCUT2D eigenvalue weighted by atomic mass is 9.63. The molecule has 2 spiro atoms. The second kappa shape index (κ2) is 19.3. The topological polar surface area (TPSA) is 251 Å². The molecule has 5 rings (SSSR count). The Labute approximate surface area is 356 Å². The number of carbonyl (C=O) groups is 8. The summed E-state index contributed by atoms with van der Waals surface area (Å²) in [4.78, 5) is 100. The summed E-state index contributed by atoms with van der Waals surface area (Å²) < 4.78 is 42.0. The first kappa shape index (κ1) is 46.3. The SMILES string of the molecule is CCOC(=O)CCC1(C)OC(=O)C(=C/C=C/C=C/C2=C(O)CC3(CCC4(CC3)OC(=O)C(=C/C=C/C=C/C3=C(O)OC(C)(CCC(=O)OCC)OC3=O)C(=O)O4)CC2=O)C(=O)O1. The number of rotatable bonds is 14. The zero-order valence-electron chi connectivity index (χ0n) is 34.7. The van der Waals surface area contributed by atoms with Gasteiger partial charge < -0.3 is 48.1 Å². The number of Topliss-reactive ketones (excluding diaryl/α,β-unsaturated/α-hetero) is 1. The molecule has 3 heterocycles. The molecule has 0 bridgehead atoms. The fraction of sp³-hybridized carbons (Fsp3) is 0.455. The zero-order valence-corrected chi connectivity index (χ0v) is 34.7. The average Bonchev–Trinajstić information content (AvgIpc) is 3.18. The molecule has 1 saturated carbocycles. The van der Waals surface area contributed by atoms with Crippen molar-refractivity contribution in [3.8, 4) is 0 Å². The molecule has 1 atom stereocenters. The first-order chi connectivity index (χ1) is 29.3. The number of ether oxygens (including phenoxy) is 8. The van der Waals surface area contributed by atoms with Crippen LogP contribution in [0.1, 0.15) is 91.9 Å². The maximum atomic E-state index is 13.2. The van der Waals surface area contributed by atoms with E-state index < -0.39 is 70.5 Å². The van der Waals surface area contributed by atoms with Crippen molar-refractivity contribution < 1.29 is 86.5 Å². The predicted octanol–water partition coefficient (Wildman–Crippen LogP) is 5.16. The number of cyclic esters (lactones) is 3. The third-order valence-corrected chi connectivity index (χ3v) is 10.6. The number of esters is 7. The van der Waals surface area contributed by atoms with Crippen molar-refractivity contribution in [1.29, 1.82) is 0 Å². The van der Waals surface area contributed by atoms with Gasteiger partial charge in [0.05, 0.1) is 31.6 Å². The van der Waals surface area contributed by atoms with Gasteiger partial charge in [0.25, 0.3) is 23.3 Å². The zero-order chi connectivity index (χ0) is 45.3. The Morgan fingerprint density at radius 1 is 0.581 bits per heavy atom. The normalized spacial score (nSPS) is 28.1. The molecular weight excluding hydrogens is 816 g/mol. The number of aliphatic hydroxyl groups excluding tert-OH is 2. The monoisotopic (exact) mass is 864 g/mol. The largest absolute Gasteiger partial charge is 0.512 e. The molecular formula is C44H48O18. The Morgan fingerprint density at radius 2 is 1.03 bits per heavy atom. The van der Waals surface area contributed by atoms with E-state index in [1.54, 1.807) is 13.8 Å². The van der Waals surface area contributed by atoms with Gasteiger partial charge in [-0.3, -0.25) is 14.4 Å². The predicted molar refractivity (Wildman–Crippen MR) is 210 cm³/mol. The molecule has 332 valence electrons. The highest BCUT2D eigenvalue weighted by atomic mass is 16.8. The third kappa shape index (κ3) is 11.3. The summed E-state index contributed by atoms with van der Waals surface area (Å²) >= 11 is 0. The third-order valence-electron chi connectivity index (χ3n) is 10.6. The number of ketones is 1. The lowest BCUT2D eigenvalue weighted by molar-refractivity contribution is -0.251. The number of carbonyl (C=O) groups excluding carboxylic acids is 8. The number of aliphatic hydroxyl groups is 2. The summed E-state index contributed by atoms with van der Waals surface area (Å²) in [5.41, 5.74) is -1.65. The quantitative estimate of drug-likeness (QED) is 0.0752. The summed E-state index contributed by atoms with van der Waals surface area (Å²) in [5.74, 6) is -11.6. The smallest absolute Gasteiger partial charge is 0.348 e. The van der Waals surface area contributed by atoms with E-state index in [1.807, 2.05) is 0 Å². The molecule has 3 fully saturated rings. The molecule has 18 heteroatoms. The van der Waals surface area contributed by atoms with Crippen molar-refractivity contribution in [2.24, 2.45) is 5.41 Å². The van der Waals surface area contributed by atoms with Crippen molar-refractivity contribution in [2.45, 2.75) is 109 Å². The molecule has 18 nitrogen and oxygen atoms in total. The molecule has 3 aliphatic heterocycles. The van der Waals surface area contributed by atoms with Gasteiger partial charge in [-0.25, -0.2) is 24.0 Å². The first-order valence-electron chi connectivity index (χ1n) is 20.0. The minimum absolute atomic E-state index is 0.0582. The van der Waals surface area contributed by atoms with Crippen LogP contribution in [0.3, 0.4) is 0 Å². The molecule has 1 unspecified atom stereocenters. The molecule has 2 N–H and O–H groups in total.